The molecule has 6 nitrogen and oxygen atoms in total. The van der Waals surface area contributed by atoms with Crippen LogP contribution in [0.25, 0.3) is 0 Å². The highest BCUT2D eigenvalue weighted by Crippen LogP contribution is 2.29. The topological polar surface area (TPSA) is 68.3 Å². The molecular weight excluding hydrogens is 268 g/mol. The third-order valence-corrected chi connectivity index (χ3v) is 2.95. The summed E-state index contributed by atoms with van der Waals surface area (Å²) in [7, 11) is 3.26. The molecule has 0 bridgehead atoms. The molecule has 0 aliphatic heterocycles. The number of anilines is 2. The van der Waals surface area contributed by atoms with E-state index in [1.165, 1.54) is 6.33 Å². The highest BCUT2D eigenvalue weighted by Gasteiger charge is 2.11. The lowest BCUT2D eigenvalue weighted by Crippen LogP contribution is -2.08. The summed E-state index contributed by atoms with van der Waals surface area (Å²) in [5, 5.41) is 6.41. The Morgan fingerprint density at radius 2 is 1.81 bits per heavy atom. The molecule has 2 aromatic rings. The molecule has 0 saturated heterocycles. The van der Waals surface area contributed by atoms with Crippen molar-refractivity contribution < 1.29 is 9.47 Å². The number of benzene rings is 1. The molecule has 1 heterocycles. The fraction of sp³-hybridized carbons (Fsp3) is 0.333. The average Bonchev–Trinajstić information content (AvgIpc) is 2.53. The minimum absolute atomic E-state index is 0.613. The number of nitrogens with zero attached hydrogens (tertiary/aromatic N) is 2. The summed E-state index contributed by atoms with van der Waals surface area (Å²) in [6, 6.07) is 7.87. The summed E-state index contributed by atoms with van der Waals surface area (Å²) >= 11 is 0. The van der Waals surface area contributed by atoms with Crippen molar-refractivity contribution in [2.24, 2.45) is 0 Å². The molecule has 112 valence electrons. The van der Waals surface area contributed by atoms with E-state index in [0.29, 0.717) is 23.9 Å². The zero-order valence-electron chi connectivity index (χ0n) is 12.5. The fourth-order valence-corrected chi connectivity index (χ4v) is 1.95. The van der Waals surface area contributed by atoms with Gasteiger partial charge in [-0.3, -0.25) is 0 Å². The van der Waals surface area contributed by atoms with E-state index < -0.39 is 0 Å². The Balaban J connectivity index is 2.13. The average molecular weight is 288 g/mol. The van der Waals surface area contributed by atoms with Gasteiger partial charge in [0.05, 0.1) is 14.2 Å². The Bertz CT molecular complexity index is 590. The van der Waals surface area contributed by atoms with Gasteiger partial charge in [0.2, 0.25) is 5.75 Å². The van der Waals surface area contributed by atoms with Crippen molar-refractivity contribution in [3.05, 3.63) is 36.2 Å². The molecule has 2 N–H and O–H groups in total. The van der Waals surface area contributed by atoms with Crippen LogP contribution < -0.4 is 20.1 Å². The van der Waals surface area contributed by atoms with Gasteiger partial charge < -0.3 is 20.1 Å². The lowest BCUT2D eigenvalue weighted by atomic mass is 10.2. The normalized spacial score (nSPS) is 10.0. The lowest BCUT2D eigenvalue weighted by Gasteiger charge is -2.13. The van der Waals surface area contributed by atoms with E-state index in [1.54, 1.807) is 14.2 Å². The number of aromatic nitrogens is 2. The van der Waals surface area contributed by atoms with Crippen molar-refractivity contribution in [1.29, 1.82) is 0 Å². The third kappa shape index (κ3) is 3.75. The van der Waals surface area contributed by atoms with Crippen LogP contribution in [0, 0.1) is 0 Å². The molecule has 1 aromatic heterocycles. The predicted molar refractivity (Wildman–Crippen MR) is 83.1 cm³/mol. The van der Waals surface area contributed by atoms with Crippen LogP contribution in [0.4, 0.5) is 11.6 Å². The van der Waals surface area contributed by atoms with Crippen LogP contribution in [0.15, 0.2) is 30.6 Å². The van der Waals surface area contributed by atoms with E-state index in [0.717, 1.165) is 17.9 Å². The van der Waals surface area contributed by atoms with Crippen LogP contribution in [-0.4, -0.2) is 30.7 Å². The summed E-state index contributed by atoms with van der Waals surface area (Å²) in [5.74, 6) is 2.79. The van der Waals surface area contributed by atoms with Gasteiger partial charge >= 0.3 is 0 Å². The van der Waals surface area contributed by atoms with Crippen LogP contribution in [0.5, 0.6) is 11.5 Å². The minimum atomic E-state index is 0.613. The molecule has 2 rings (SSSR count). The highest BCUT2D eigenvalue weighted by molar-refractivity contribution is 5.63. The SMILES string of the molecule is CCNc1ncnc(NCc2cccc(OC)c2)c1OC. The van der Waals surface area contributed by atoms with Gasteiger partial charge in [0.25, 0.3) is 0 Å². The van der Waals surface area contributed by atoms with Gasteiger partial charge in [0.1, 0.15) is 12.1 Å². The van der Waals surface area contributed by atoms with Crippen LogP contribution in [0.3, 0.4) is 0 Å². The zero-order chi connectivity index (χ0) is 15.1. The van der Waals surface area contributed by atoms with E-state index in [4.69, 9.17) is 9.47 Å². The fourth-order valence-electron chi connectivity index (χ4n) is 1.95. The van der Waals surface area contributed by atoms with E-state index >= 15 is 0 Å². The molecule has 21 heavy (non-hydrogen) atoms. The van der Waals surface area contributed by atoms with Gasteiger partial charge in [-0.2, -0.15) is 0 Å². The maximum atomic E-state index is 5.39. The number of rotatable bonds is 7. The van der Waals surface area contributed by atoms with E-state index in [-0.39, 0.29) is 0 Å². The first kappa shape index (κ1) is 14.9. The van der Waals surface area contributed by atoms with E-state index in [2.05, 4.69) is 20.6 Å². The Morgan fingerprint density at radius 3 is 2.48 bits per heavy atom. The molecule has 0 aliphatic rings. The first-order valence-corrected chi connectivity index (χ1v) is 6.78. The predicted octanol–water partition coefficient (Wildman–Crippen LogP) is 2.54. The van der Waals surface area contributed by atoms with Gasteiger partial charge in [-0.25, -0.2) is 9.97 Å². The van der Waals surface area contributed by atoms with Crippen LogP contribution in [-0.2, 0) is 6.54 Å². The van der Waals surface area contributed by atoms with Crippen LogP contribution in [0.2, 0.25) is 0 Å². The Kier molecular flexibility index (Phi) is 5.20. The van der Waals surface area contributed by atoms with Gasteiger partial charge in [-0.05, 0) is 24.6 Å². The van der Waals surface area contributed by atoms with E-state index in [9.17, 15) is 0 Å². The number of hydrogen-bond acceptors (Lipinski definition) is 6. The van der Waals surface area contributed by atoms with Crippen molar-refractivity contribution in [3.63, 3.8) is 0 Å². The van der Waals surface area contributed by atoms with Gasteiger partial charge in [0.15, 0.2) is 11.6 Å². The number of hydrogen-bond donors (Lipinski definition) is 2. The second-order valence-corrected chi connectivity index (χ2v) is 4.34. The number of nitrogens with one attached hydrogen (secondary N) is 2. The van der Waals surface area contributed by atoms with Crippen molar-refractivity contribution in [3.8, 4) is 11.5 Å². The zero-order valence-corrected chi connectivity index (χ0v) is 12.5. The van der Waals surface area contributed by atoms with Crippen molar-refractivity contribution in [1.82, 2.24) is 9.97 Å². The Morgan fingerprint density at radius 1 is 1.05 bits per heavy atom. The maximum absolute atomic E-state index is 5.39. The molecule has 0 saturated carbocycles. The van der Waals surface area contributed by atoms with Crippen molar-refractivity contribution in [2.45, 2.75) is 13.5 Å². The molecule has 0 spiro atoms. The minimum Gasteiger partial charge on any atom is -0.497 e. The summed E-state index contributed by atoms with van der Waals surface area (Å²) in [6.45, 7) is 3.39. The second kappa shape index (κ2) is 7.33. The maximum Gasteiger partial charge on any atom is 0.204 e. The Labute approximate surface area is 124 Å². The summed E-state index contributed by atoms with van der Waals surface area (Å²) < 4.78 is 10.6. The monoisotopic (exact) mass is 288 g/mol. The van der Waals surface area contributed by atoms with Gasteiger partial charge in [0, 0.05) is 13.1 Å². The lowest BCUT2D eigenvalue weighted by molar-refractivity contribution is 0.414. The van der Waals surface area contributed by atoms with Crippen molar-refractivity contribution >= 4 is 11.6 Å². The first-order valence-electron chi connectivity index (χ1n) is 6.78. The molecule has 0 unspecified atom stereocenters. The molecule has 0 radical (unpaired) electrons. The van der Waals surface area contributed by atoms with Gasteiger partial charge in [-0.1, -0.05) is 12.1 Å². The largest absolute Gasteiger partial charge is 0.497 e. The summed E-state index contributed by atoms with van der Waals surface area (Å²) in [6.07, 6.45) is 1.51. The molecule has 0 aliphatic carbocycles. The molecule has 6 heteroatoms. The molecular formula is C15H20N4O2. The summed E-state index contributed by atoms with van der Waals surface area (Å²) in [4.78, 5) is 8.41. The number of ether oxygens (including phenoxy) is 2. The van der Waals surface area contributed by atoms with Crippen LogP contribution >= 0.6 is 0 Å². The molecule has 0 amide bonds. The number of methoxy groups -OCH3 is 2. The smallest absolute Gasteiger partial charge is 0.204 e. The second-order valence-electron chi connectivity index (χ2n) is 4.34. The van der Waals surface area contributed by atoms with Crippen LogP contribution in [0.1, 0.15) is 12.5 Å². The quantitative estimate of drug-likeness (QED) is 0.816. The molecule has 0 fully saturated rings. The summed E-state index contributed by atoms with van der Waals surface area (Å²) in [5.41, 5.74) is 1.10. The Hall–Kier alpha value is -2.50. The highest BCUT2D eigenvalue weighted by atomic mass is 16.5. The van der Waals surface area contributed by atoms with E-state index in [1.807, 2.05) is 31.2 Å². The standard InChI is InChI=1S/C15H20N4O2/c1-4-16-14-13(21-3)15(19-10-18-14)17-9-11-6-5-7-12(8-11)20-2/h5-8,10H,4,9H2,1-3H3,(H2,16,17,18,19). The molecule has 1 aromatic carbocycles. The first-order chi connectivity index (χ1) is 10.3. The molecule has 0 atom stereocenters. The van der Waals surface area contributed by atoms with Crippen molar-refractivity contribution in [2.75, 3.05) is 31.4 Å². The van der Waals surface area contributed by atoms with Gasteiger partial charge in [-0.15, -0.1) is 0 Å². The third-order valence-electron chi connectivity index (χ3n) is 2.95.